The average molecular weight is 311 g/mol. The molecule has 1 aliphatic carbocycles. The van der Waals surface area contributed by atoms with E-state index in [1.807, 2.05) is 25.1 Å². The molecule has 0 aliphatic heterocycles. The van der Waals surface area contributed by atoms with Crippen LogP contribution in [0.15, 0.2) is 38.0 Å². The summed E-state index contributed by atoms with van der Waals surface area (Å²) in [5, 5.41) is 4.94. The number of rotatable bonds is 4. The van der Waals surface area contributed by atoms with Crippen LogP contribution >= 0.6 is 0 Å². The number of hydrogen-bond donors (Lipinski definition) is 0. The van der Waals surface area contributed by atoms with Crippen molar-refractivity contribution in [1.82, 2.24) is 5.16 Å². The third-order valence-corrected chi connectivity index (χ3v) is 4.37. The van der Waals surface area contributed by atoms with Gasteiger partial charge in [0.15, 0.2) is 0 Å². The van der Waals surface area contributed by atoms with Crippen molar-refractivity contribution >= 4 is 11.0 Å². The van der Waals surface area contributed by atoms with E-state index < -0.39 is 0 Å². The van der Waals surface area contributed by atoms with Gasteiger partial charge < -0.3 is 13.7 Å². The summed E-state index contributed by atoms with van der Waals surface area (Å²) >= 11 is 0. The quantitative estimate of drug-likeness (QED) is 0.685. The minimum absolute atomic E-state index is 0.308. The molecule has 0 spiro atoms. The Kier molecular flexibility index (Phi) is 3.22. The van der Waals surface area contributed by atoms with Gasteiger partial charge in [0.25, 0.3) is 0 Å². The Morgan fingerprint density at radius 1 is 1.22 bits per heavy atom. The molecule has 23 heavy (non-hydrogen) atoms. The molecule has 3 aromatic rings. The highest BCUT2D eigenvalue weighted by atomic mass is 16.5. The number of aromatic nitrogens is 1. The normalized spacial score (nSPS) is 14.3. The highest BCUT2D eigenvalue weighted by molar-refractivity contribution is 5.82. The van der Waals surface area contributed by atoms with Crippen LogP contribution in [0.5, 0.6) is 5.75 Å². The molecule has 2 heterocycles. The van der Waals surface area contributed by atoms with E-state index in [0.717, 1.165) is 22.4 Å². The van der Waals surface area contributed by atoms with Gasteiger partial charge >= 0.3 is 5.63 Å². The lowest BCUT2D eigenvalue weighted by Gasteiger charge is -2.07. The molecule has 0 bridgehead atoms. The van der Waals surface area contributed by atoms with E-state index in [1.54, 1.807) is 13.0 Å². The van der Waals surface area contributed by atoms with Crippen LogP contribution in [0.2, 0.25) is 0 Å². The van der Waals surface area contributed by atoms with Gasteiger partial charge in [-0.1, -0.05) is 5.16 Å². The third kappa shape index (κ3) is 2.63. The van der Waals surface area contributed by atoms with Gasteiger partial charge in [-0.25, -0.2) is 4.79 Å². The molecule has 0 radical (unpaired) electrons. The predicted octanol–water partition coefficient (Wildman–Crippen LogP) is 3.85. The summed E-state index contributed by atoms with van der Waals surface area (Å²) < 4.78 is 16.4. The van der Waals surface area contributed by atoms with Crippen LogP contribution < -0.4 is 10.4 Å². The van der Waals surface area contributed by atoms with E-state index in [0.29, 0.717) is 29.4 Å². The summed E-state index contributed by atoms with van der Waals surface area (Å²) in [6.45, 7) is 4.02. The van der Waals surface area contributed by atoms with Crippen molar-refractivity contribution in [1.29, 1.82) is 0 Å². The van der Waals surface area contributed by atoms with Crippen molar-refractivity contribution in [3.63, 3.8) is 0 Å². The van der Waals surface area contributed by atoms with Gasteiger partial charge in [0, 0.05) is 29.0 Å². The third-order valence-electron chi connectivity index (χ3n) is 4.37. The number of ether oxygens (including phenoxy) is 1. The van der Waals surface area contributed by atoms with Crippen LogP contribution in [0.3, 0.4) is 0 Å². The van der Waals surface area contributed by atoms with Gasteiger partial charge in [-0.15, -0.1) is 0 Å². The smallest absolute Gasteiger partial charge is 0.339 e. The Labute approximate surface area is 132 Å². The van der Waals surface area contributed by atoms with Crippen molar-refractivity contribution in [3.05, 3.63) is 57.3 Å². The maximum Gasteiger partial charge on any atom is 0.339 e. The fourth-order valence-electron chi connectivity index (χ4n) is 2.63. The zero-order valence-corrected chi connectivity index (χ0v) is 13.1. The molecule has 1 aromatic carbocycles. The average Bonchev–Trinajstić information content (AvgIpc) is 3.29. The standard InChI is InChI=1S/C18H17NO4/c1-10-11(2)18(20)22-17-8-14(5-6-15(10)17)21-9-13-7-16(23-19-13)12-3-4-12/h5-8,12H,3-4,9H2,1-2H3. The zero-order valence-electron chi connectivity index (χ0n) is 13.1. The van der Waals surface area contributed by atoms with Crippen molar-refractivity contribution in [2.45, 2.75) is 39.2 Å². The minimum atomic E-state index is -0.308. The monoisotopic (exact) mass is 311 g/mol. The van der Waals surface area contributed by atoms with Gasteiger partial charge in [-0.3, -0.25) is 0 Å². The molecular formula is C18H17NO4. The van der Waals surface area contributed by atoms with Gasteiger partial charge in [-0.2, -0.15) is 0 Å². The molecular weight excluding hydrogens is 294 g/mol. The van der Waals surface area contributed by atoms with Crippen molar-refractivity contribution < 1.29 is 13.7 Å². The van der Waals surface area contributed by atoms with Gasteiger partial charge in [0.1, 0.15) is 29.4 Å². The molecule has 0 atom stereocenters. The molecule has 5 heteroatoms. The molecule has 0 unspecified atom stereocenters. The van der Waals surface area contributed by atoms with Crippen molar-refractivity contribution in [3.8, 4) is 5.75 Å². The van der Waals surface area contributed by atoms with Crippen LogP contribution in [0.4, 0.5) is 0 Å². The molecule has 0 saturated heterocycles. The first-order valence-electron chi connectivity index (χ1n) is 7.74. The molecule has 1 saturated carbocycles. The van der Waals surface area contributed by atoms with Gasteiger partial charge in [0.2, 0.25) is 0 Å². The summed E-state index contributed by atoms with van der Waals surface area (Å²) in [6.07, 6.45) is 2.36. The Balaban J connectivity index is 1.56. The molecule has 118 valence electrons. The molecule has 1 fully saturated rings. The van der Waals surface area contributed by atoms with E-state index in [2.05, 4.69) is 5.16 Å². The second kappa shape index (κ2) is 5.26. The second-order valence-corrected chi connectivity index (χ2v) is 6.08. The van der Waals surface area contributed by atoms with Gasteiger partial charge in [0.05, 0.1) is 0 Å². The first-order chi connectivity index (χ1) is 11.1. The first-order valence-corrected chi connectivity index (χ1v) is 7.74. The molecule has 4 rings (SSSR count). The minimum Gasteiger partial charge on any atom is -0.487 e. The SMILES string of the molecule is Cc1c(C)c2ccc(OCc3cc(C4CC4)on3)cc2oc1=O. The van der Waals surface area contributed by atoms with Gasteiger partial charge in [-0.05, 0) is 44.4 Å². The second-order valence-electron chi connectivity index (χ2n) is 6.08. The maximum atomic E-state index is 11.8. The zero-order chi connectivity index (χ0) is 16.0. The number of benzene rings is 1. The highest BCUT2D eigenvalue weighted by Crippen LogP contribution is 2.40. The summed E-state index contributed by atoms with van der Waals surface area (Å²) in [5.41, 5.74) is 2.58. The Morgan fingerprint density at radius 3 is 2.83 bits per heavy atom. The molecule has 0 N–H and O–H groups in total. The van der Waals surface area contributed by atoms with Crippen LogP contribution in [-0.4, -0.2) is 5.16 Å². The lowest BCUT2D eigenvalue weighted by atomic mass is 10.1. The molecule has 0 amide bonds. The fourth-order valence-corrected chi connectivity index (χ4v) is 2.63. The van der Waals surface area contributed by atoms with E-state index in [4.69, 9.17) is 13.7 Å². The van der Waals surface area contributed by atoms with Crippen LogP contribution in [0.1, 0.15) is 41.3 Å². The summed E-state index contributed by atoms with van der Waals surface area (Å²) in [7, 11) is 0. The lowest BCUT2D eigenvalue weighted by Crippen LogP contribution is -2.05. The Bertz CT molecular complexity index is 934. The maximum absolute atomic E-state index is 11.8. The first kappa shape index (κ1) is 14.1. The van der Waals surface area contributed by atoms with E-state index in [-0.39, 0.29) is 5.63 Å². The number of hydrogen-bond acceptors (Lipinski definition) is 5. The molecule has 2 aromatic heterocycles. The summed E-state index contributed by atoms with van der Waals surface area (Å²) in [5.74, 6) is 2.12. The number of aryl methyl sites for hydroxylation is 1. The van der Waals surface area contributed by atoms with E-state index >= 15 is 0 Å². The number of nitrogens with zero attached hydrogens (tertiary/aromatic N) is 1. The highest BCUT2D eigenvalue weighted by Gasteiger charge is 2.27. The van der Waals surface area contributed by atoms with E-state index in [1.165, 1.54) is 12.8 Å². The van der Waals surface area contributed by atoms with Crippen molar-refractivity contribution in [2.24, 2.45) is 0 Å². The van der Waals surface area contributed by atoms with Crippen LogP contribution in [0.25, 0.3) is 11.0 Å². The Hall–Kier alpha value is -2.56. The van der Waals surface area contributed by atoms with Crippen LogP contribution in [0, 0.1) is 13.8 Å². The number of fused-ring (bicyclic) bond motifs is 1. The van der Waals surface area contributed by atoms with Crippen molar-refractivity contribution in [2.75, 3.05) is 0 Å². The van der Waals surface area contributed by atoms with Crippen LogP contribution in [-0.2, 0) is 6.61 Å². The lowest BCUT2D eigenvalue weighted by molar-refractivity contribution is 0.287. The summed E-state index contributed by atoms with van der Waals surface area (Å²) in [4.78, 5) is 11.8. The summed E-state index contributed by atoms with van der Waals surface area (Å²) in [6, 6.07) is 7.47. The largest absolute Gasteiger partial charge is 0.487 e. The van der Waals surface area contributed by atoms with E-state index in [9.17, 15) is 4.79 Å². The topological polar surface area (TPSA) is 65.5 Å². The molecule has 5 nitrogen and oxygen atoms in total. The molecule has 1 aliphatic rings. The Morgan fingerprint density at radius 2 is 2.04 bits per heavy atom. The predicted molar refractivity (Wildman–Crippen MR) is 84.8 cm³/mol. The fraction of sp³-hybridized carbons (Fsp3) is 0.333.